The van der Waals surface area contributed by atoms with Crippen molar-refractivity contribution in [3.8, 4) is 11.4 Å². The number of rotatable bonds is 4. The first-order chi connectivity index (χ1) is 15.3. The van der Waals surface area contributed by atoms with Gasteiger partial charge in [0.15, 0.2) is 0 Å². The molecule has 2 heterocycles. The van der Waals surface area contributed by atoms with Crippen molar-refractivity contribution in [2.45, 2.75) is 6.42 Å². The van der Waals surface area contributed by atoms with Gasteiger partial charge in [0.25, 0.3) is 5.91 Å². The molecule has 32 heavy (non-hydrogen) atoms. The molecule has 0 saturated carbocycles. The molecule has 0 radical (unpaired) electrons. The lowest BCUT2D eigenvalue weighted by molar-refractivity contribution is 0.102. The normalized spacial score (nSPS) is 13.4. The van der Waals surface area contributed by atoms with Crippen LogP contribution in [0.25, 0.3) is 22.4 Å². The van der Waals surface area contributed by atoms with E-state index in [1.54, 1.807) is 24.3 Å². The van der Waals surface area contributed by atoms with Gasteiger partial charge in [-0.2, -0.15) is 0 Å². The van der Waals surface area contributed by atoms with E-state index in [2.05, 4.69) is 15.3 Å². The first-order valence-corrected chi connectivity index (χ1v) is 12.2. The number of nitrogens with zero attached hydrogens (tertiary/aromatic N) is 2. The number of aromatic amines is 1. The number of sulfonamides is 1. The number of carbonyl (C=O) groups is 1. The minimum absolute atomic E-state index is 0.268. The van der Waals surface area contributed by atoms with E-state index in [9.17, 15) is 13.2 Å². The lowest BCUT2D eigenvalue weighted by Gasteiger charge is -2.16. The molecule has 0 aliphatic carbocycles. The zero-order valence-corrected chi connectivity index (χ0v) is 18.7. The molecule has 0 fully saturated rings. The van der Waals surface area contributed by atoms with Gasteiger partial charge >= 0.3 is 0 Å². The first kappa shape index (κ1) is 20.5. The van der Waals surface area contributed by atoms with Crippen LogP contribution in [0.2, 0.25) is 5.02 Å². The van der Waals surface area contributed by atoms with E-state index in [1.807, 2.05) is 36.4 Å². The molecule has 4 aromatic rings. The third-order valence-corrected chi connectivity index (χ3v) is 6.97. The molecule has 1 aliphatic rings. The molecule has 0 atom stereocenters. The van der Waals surface area contributed by atoms with E-state index in [0.29, 0.717) is 40.8 Å². The molecule has 3 aromatic carbocycles. The third kappa shape index (κ3) is 3.72. The van der Waals surface area contributed by atoms with Crippen LogP contribution >= 0.6 is 11.6 Å². The zero-order chi connectivity index (χ0) is 22.5. The summed E-state index contributed by atoms with van der Waals surface area (Å²) in [5, 5.41) is 3.50. The summed E-state index contributed by atoms with van der Waals surface area (Å²) in [6.07, 6.45) is 1.76. The van der Waals surface area contributed by atoms with Gasteiger partial charge in [0.2, 0.25) is 10.0 Å². The summed E-state index contributed by atoms with van der Waals surface area (Å²) in [7, 11) is -3.32. The van der Waals surface area contributed by atoms with Gasteiger partial charge in [0, 0.05) is 23.4 Å². The Balaban J connectivity index is 1.39. The molecule has 0 unspecified atom stereocenters. The van der Waals surface area contributed by atoms with E-state index >= 15 is 0 Å². The van der Waals surface area contributed by atoms with Crippen LogP contribution in [0.1, 0.15) is 15.9 Å². The predicted octanol–water partition coefficient (Wildman–Crippen LogP) is 4.46. The summed E-state index contributed by atoms with van der Waals surface area (Å²) < 4.78 is 25.2. The number of fused-ring (bicyclic) bond motifs is 2. The number of benzene rings is 3. The van der Waals surface area contributed by atoms with Crippen LogP contribution in [0.4, 0.5) is 11.4 Å². The molecule has 2 N–H and O–H groups in total. The number of imidazole rings is 1. The van der Waals surface area contributed by atoms with Gasteiger partial charge in [0.05, 0.1) is 28.0 Å². The van der Waals surface area contributed by atoms with Crippen LogP contribution in [0, 0.1) is 0 Å². The number of hydrogen-bond donors (Lipinski definition) is 2. The molecule has 162 valence electrons. The van der Waals surface area contributed by atoms with Crippen molar-refractivity contribution in [1.29, 1.82) is 0 Å². The highest BCUT2D eigenvalue weighted by atomic mass is 35.5. The van der Waals surface area contributed by atoms with Crippen LogP contribution in [-0.2, 0) is 16.4 Å². The van der Waals surface area contributed by atoms with Gasteiger partial charge in [-0.05, 0) is 60.5 Å². The Morgan fingerprint density at radius 2 is 1.94 bits per heavy atom. The molecule has 0 bridgehead atoms. The molecule has 0 saturated heterocycles. The summed E-state index contributed by atoms with van der Waals surface area (Å²) in [6.45, 7) is 0.392. The monoisotopic (exact) mass is 466 g/mol. The number of anilines is 2. The molecular weight excluding hydrogens is 448 g/mol. The summed E-state index contributed by atoms with van der Waals surface area (Å²) in [4.78, 5) is 20.6. The molecular formula is C23H19ClN4O3S. The fourth-order valence-corrected chi connectivity index (χ4v) is 5.11. The van der Waals surface area contributed by atoms with Gasteiger partial charge in [-0.1, -0.05) is 23.7 Å². The van der Waals surface area contributed by atoms with Crippen molar-refractivity contribution in [2.24, 2.45) is 0 Å². The van der Waals surface area contributed by atoms with Crippen LogP contribution in [-0.4, -0.2) is 37.1 Å². The minimum Gasteiger partial charge on any atom is -0.338 e. The van der Waals surface area contributed by atoms with Crippen molar-refractivity contribution >= 4 is 49.9 Å². The lowest BCUT2D eigenvalue weighted by atomic mass is 10.1. The fraction of sp³-hybridized carbons (Fsp3) is 0.130. The average molecular weight is 467 g/mol. The summed E-state index contributed by atoms with van der Waals surface area (Å²) in [6, 6.07) is 18.0. The van der Waals surface area contributed by atoms with Gasteiger partial charge in [-0.15, -0.1) is 0 Å². The summed E-state index contributed by atoms with van der Waals surface area (Å²) >= 11 is 6.28. The van der Waals surface area contributed by atoms with E-state index in [1.165, 1.54) is 10.6 Å². The van der Waals surface area contributed by atoms with E-state index in [4.69, 9.17) is 11.6 Å². The largest absolute Gasteiger partial charge is 0.338 e. The van der Waals surface area contributed by atoms with Gasteiger partial charge in [-0.3, -0.25) is 9.10 Å². The van der Waals surface area contributed by atoms with Crippen molar-refractivity contribution in [3.05, 3.63) is 76.8 Å². The van der Waals surface area contributed by atoms with Crippen LogP contribution < -0.4 is 9.62 Å². The zero-order valence-electron chi connectivity index (χ0n) is 17.1. The summed E-state index contributed by atoms with van der Waals surface area (Å²) in [5.41, 5.74) is 4.91. The predicted molar refractivity (Wildman–Crippen MR) is 127 cm³/mol. The van der Waals surface area contributed by atoms with Crippen molar-refractivity contribution in [3.63, 3.8) is 0 Å². The Hall–Kier alpha value is -3.36. The minimum atomic E-state index is -3.32. The van der Waals surface area contributed by atoms with Crippen LogP contribution in [0.15, 0.2) is 60.7 Å². The number of nitrogens with one attached hydrogen (secondary N) is 2. The van der Waals surface area contributed by atoms with E-state index < -0.39 is 10.0 Å². The quantitative estimate of drug-likeness (QED) is 0.464. The number of H-pyrrole nitrogens is 1. The highest BCUT2D eigenvalue weighted by Crippen LogP contribution is 2.31. The number of amides is 1. The number of aromatic nitrogens is 2. The Morgan fingerprint density at radius 1 is 1.12 bits per heavy atom. The molecule has 7 nitrogen and oxygen atoms in total. The maximum atomic E-state index is 12.8. The molecule has 5 rings (SSSR count). The smallest absolute Gasteiger partial charge is 0.255 e. The van der Waals surface area contributed by atoms with Crippen LogP contribution in [0.5, 0.6) is 0 Å². The number of carbonyl (C=O) groups excluding carboxylic acids is 1. The second-order valence-electron chi connectivity index (χ2n) is 7.68. The standard InChI is InChI=1S/C23H19ClN4O3S/c1-32(30,31)28-11-10-14-12-15(6-9-21(14)28)23(29)25-16-7-8-19-20(13-16)27-22(26-19)17-4-2-3-5-18(17)24/h2-9,12-13H,10-11H2,1H3,(H,25,29)(H,26,27). The second-order valence-corrected chi connectivity index (χ2v) is 9.99. The Bertz CT molecular complexity index is 1480. The molecule has 1 aliphatic heterocycles. The molecule has 0 spiro atoms. The van der Waals surface area contributed by atoms with Crippen molar-refractivity contribution in [1.82, 2.24) is 9.97 Å². The highest BCUT2D eigenvalue weighted by Gasteiger charge is 2.26. The summed E-state index contributed by atoms with van der Waals surface area (Å²) in [5.74, 6) is 0.388. The molecule has 1 amide bonds. The van der Waals surface area contributed by atoms with Crippen molar-refractivity contribution < 1.29 is 13.2 Å². The maximum absolute atomic E-state index is 12.8. The SMILES string of the molecule is CS(=O)(=O)N1CCc2cc(C(=O)Nc3ccc4nc(-c5ccccc5Cl)[nH]c4c3)ccc21. The van der Waals surface area contributed by atoms with E-state index in [0.717, 1.165) is 22.2 Å². The first-order valence-electron chi connectivity index (χ1n) is 9.96. The lowest BCUT2D eigenvalue weighted by Crippen LogP contribution is -2.27. The number of hydrogen-bond acceptors (Lipinski definition) is 4. The third-order valence-electron chi connectivity index (χ3n) is 5.46. The highest BCUT2D eigenvalue weighted by molar-refractivity contribution is 7.92. The topological polar surface area (TPSA) is 95.2 Å². The van der Waals surface area contributed by atoms with Crippen molar-refractivity contribution in [2.75, 3.05) is 22.4 Å². The van der Waals surface area contributed by atoms with Gasteiger partial charge in [0.1, 0.15) is 5.82 Å². The van der Waals surface area contributed by atoms with Crippen LogP contribution in [0.3, 0.4) is 0 Å². The Labute approximate surface area is 190 Å². The van der Waals surface area contributed by atoms with Gasteiger partial charge in [-0.25, -0.2) is 13.4 Å². The van der Waals surface area contributed by atoms with E-state index in [-0.39, 0.29) is 5.91 Å². The fourth-order valence-electron chi connectivity index (χ4n) is 3.93. The molecule has 9 heteroatoms. The Morgan fingerprint density at radius 3 is 2.72 bits per heavy atom. The number of halogens is 1. The Kier molecular flexibility index (Phi) is 4.91. The van der Waals surface area contributed by atoms with Gasteiger partial charge < -0.3 is 10.3 Å². The second kappa shape index (κ2) is 7.65. The molecule has 1 aromatic heterocycles. The maximum Gasteiger partial charge on any atom is 0.255 e. The average Bonchev–Trinajstić information content (AvgIpc) is 3.37.